The number of nitrogens with one attached hydrogen (secondary N) is 1. The number of ether oxygens (including phenoxy) is 2. The Hall–Kier alpha value is -3.51. The number of para-hydroxylation sites is 2. The molecule has 4 aromatic rings. The number of methoxy groups -OCH3 is 2. The van der Waals surface area contributed by atoms with Crippen LogP contribution in [-0.2, 0) is 11.3 Å². The first-order valence-corrected chi connectivity index (χ1v) is 9.63. The number of halogens is 1. The molecule has 0 atom stereocenters. The van der Waals surface area contributed by atoms with Crippen LogP contribution < -0.4 is 20.2 Å². The maximum atomic E-state index is 12.9. The predicted octanol–water partition coefficient (Wildman–Crippen LogP) is 4.46. The molecule has 0 bridgehead atoms. The Bertz CT molecular complexity index is 1270. The van der Waals surface area contributed by atoms with Gasteiger partial charge in [0.15, 0.2) is 5.43 Å². The molecule has 7 heteroatoms. The molecule has 30 heavy (non-hydrogen) atoms. The van der Waals surface area contributed by atoms with Gasteiger partial charge in [0.25, 0.3) is 0 Å². The van der Waals surface area contributed by atoms with Crippen LogP contribution in [0.4, 0.5) is 5.69 Å². The van der Waals surface area contributed by atoms with Gasteiger partial charge < -0.3 is 19.4 Å². The third-order valence-corrected chi connectivity index (χ3v) is 5.22. The molecule has 0 radical (unpaired) electrons. The molecule has 1 amide bonds. The largest absolute Gasteiger partial charge is 0.495 e. The van der Waals surface area contributed by atoms with Crippen LogP contribution in [0.25, 0.3) is 21.8 Å². The summed E-state index contributed by atoms with van der Waals surface area (Å²) < 4.78 is 12.4. The maximum absolute atomic E-state index is 12.9. The second-order valence-electron chi connectivity index (χ2n) is 6.68. The van der Waals surface area contributed by atoms with Crippen molar-refractivity contribution in [2.75, 3.05) is 19.5 Å². The Morgan fingerprint density at radius 3 is 2.07 bits per heavy atom. The molecule has 0 spiro atoms. The van der Waals surface area contributed by atoms with Crippen molar-refractivity contribution in [1.82, 2.24) is 4.57 Å². The van der Waals surface area contributed by atoms with Gasteiger partial charge in [0.05, 0.1) is 36.0 Å². The number of aromatic nitrogens is 1. The minimum Gasteiger partial charge on any atom is -0.495 e. The Kier molecular flexibility index (Phi) is 5.33. The zero-order valence-corrected chi connectivity index (χ0v) is 17.2. The number of anilines is 1. The monoisotopic (exact) mass is 422 g/mol. The number of rotatable bonds is 5. The van der Waals surface area contributed by atoms with E-state index in [0.717, 1.165) is 0 Å². The molecule has 4 rings (SSSR count). The van der Waals surface area contributed by atoms with Crippen LogP contribution in [0.15, 0.2) is 65.5 Å². The van der Waals surface area contributed by atoms with Crippen molar-refractivity contribution in [2.24, 2.45) is 0 Å². The molecular weight excluding hydrogens is 404 g/mol. The van der Waals surface area contributed by atoms with E-state index in [0.29, 0.717) is 44.0 Å². The highest BCUT2D eigenvalue weighted by Gasteiger charge is 2.16. The summed E-state index contributed by atoms with van der Waals surface area (Å²) in [4.78, 5) is 25.8. The lowest BCUT2D eigenvalue weighted by atomic mass is 10.1. The van der Waals surface area contributed by atoms with Crippen molar-refractivity contribution in [3.8, 4) is 11.5 Å². The van der Waals surface area contributed by atoms with Crippen LogP contribution in [0, 0.1) is 0 Å². The van der Waals surface area contributed by atoms with Crippen LogP contribution in [0.5, 0.6) is 11.5 Å². The number of carbonyl (C=O) groups is 1. The van der Waals surface area contributed by atoms with Crippen LogP contribution in [-0.4, -0.2) is 24.7 Å². The summed E-state index contributed by atoms with van der Waals surface area (Å²) in [5.41, 5.74) is 1.76. The number of fused-ring (bicyclic) bond motifs is 2. The smallest absolute Gasteiger partial charge is 0.244 e. The Balaban J connectivity index is 1.76. The van der Waals surface area contributed by atoms with E-state index in [9.17, 15) is 9.59 Å². The van der Waals surface area contributed by atoms with Gasteiger partial charge in [-0.2, -0.15) is 0 Å². The standard InChI is InChI=1S/C23H19ClN2O4/c1-29-20-12-21(30-2)17(11-16(20)24)25-22(27)13-26-18-9-5-3-7-14(18)23(28)15-8-4-6-10-19(15)26/h3-12H,13H2,1-2H3,(H,25,27). The van der Waals surface area contributed by atoms with Crippen LogP contribution in [0.2, 0.25) is 5.02 Å². The second-order valence-corrected chi connectivity index (χ2v) is 7.09. The molecule has 1 heterocycles. The number of carbonyl (C=O) groups excluding carboxylic acids is 1. The molecule has 0 fully saturated rings. The molecule has 0 aliphatic rings. The number of nitrogens with zero attached hydrogens (tertiary/aromatic N) is 1. The first kappa shape index (κ1) is 19.8. The van der Waals surface area contributed by atoms with Crippen molar-refractivity contribution in [3.05, 3.63) is 75.9 Å². The lowest BCUT2D eigenvalue weighted by Gasteiger charge is -2.16. The van der Waals surface area contributed by atoms with E-state index >= 15 is 0 Å². The van der Waals surface area contributed by atoms with Gasteiger partial charge in [0.1, 0.15) is 18.0 Å². The molecule has 152 valence electrons. The minimum atomic E-state index is -0.284. The highest BCUT2D eigenvalue weighted by molar-refractivity contribution is 6.32. The summed E-state index contributed by atoms with van der Waals surface area (Å²) in [5.74, 6) is 0.594. The van der Waals surface area contributed by atoms with Crippen molar-refractivity contribution in [3.63, 3.8) is 0 Å². The van der Waals surface area contributed by atoms with E-state index in [4.69, 9.17) is 21.1 Å². The number of hydrogen-bond acceptors (Lipinski definition) is 4. The highest BCUT2D eigenvalue weighted by Crippen LogP contribution is 2.36. The fourth-order valence-electron chi connectivity index (χ4n) is 3.54. The third-order valence-electron chi connectivity index (χ3n) is 4.93. The lowest BCUT2D eigenvalue weighted by molar-refractivity contribution is -0.116. The topological polar surface area (TPSA) is 69.6 Å². The zero-order chi connectivity index (χ0) is 21.3. The van der Waals surface area contributed by atoms with Crippen molar-refractivity contribution >= 4 is 45.0 Å². The molecule has 0 aliphatic heterocycles. The lowest BCUT2D eigenvalue weighted by Crippen LogP contribution is -2.21. The van der Waals surface area contributed by atoms with E-state index in [1.165, 1.54) is 14.2 Å². The van der Waals surface area contributed by atoms with Crippen LogP contribution >= 0.6 is 11.6 Å². The summed E-state index contributed by atoms with van der Waals surface area (Å²) >= 11 is 6.20. The van der Waals surface area contributed by atoms with E-state index in [2.05, 4.69) is 5.32 Å². The fourth-order valence-corrected chi connectivity index (χ4v) is 3.78. The molecule has 1 N–H and O–H groups in total. The quantitative estimate of drug-likeness (QED) is 0.482. The molecule has 0 aliphatic carbocycles. The average molecular weight is 423 g/mol. The molecule has 1 aromatic heterocycles. The van der Waals surface area contributed by atoms with E-state index in [1.807, 2.05) is 41.0 Å². The van der Waals surface area contributed by atoms with Gasteiger partial charge in [-0.25, -0.2) is 0 Å². The summed E-state index contributed by atoms with van der Waals surface area (Å²) in [5, 5.41) is 4.33. The van der Waals surface area contributed by atoms with Crippen molar-refractivity contribution < 1.29 is 14.3 Å². The molecule has 0 unspecified atom stereocenters. The number of amides is 1. The minimum absolute atomic E-state index is 0.00804. The first-order valence-electron chi connectivity index (χ1n) is 9.25. The van der Waals surface area contributed by atoms with Crippen molar-refractivity contribution in [1.29, 1.82) is 0 Å². The van der Waals surface area contributed by atoms with E-state index in [-0.39, 0.29) is 17.9 Å². The van der Waals surface area contributed by atoms with Crippen molar-refractivity contribution in [2.45, 2.75) is 6.54 Å². The first-order chi connectivity index (χ1) is 14.5. The predicted molar refractivity (Wildman–Crippen MR) is 119 cm³/mol. The van der Waals surface area contributed by atoms with E-state index < -0.39 is 0 Å². The fraction of sp³-hybridized carbons (Fsp3) is 0.130. The summed E-state index contributed by atoms with van der Waals surface area (Å²) in [7, 11) is 3.01. The third kappa shape index (κ3) is 3.46. The number of benzene rings is 3. The molecule has 0 saturated heterocycles. The average Bonchev–Trinajstić information content (AvgIpc) is 2.77. The molecule has 3 aromatic carbocycles. The van der Waals surface area contributed by atoms with Gasteiger partial charge >= 0.3 is 0 Å². The molecular formula is C23H19ClN2O4. The second kappa shape index (κ2) is 8.08. The SMILES string of the molecule is COc1cc(OC)c(NC(=O)Cn2c3ccccc3c(=O)c3ccccc32)cc1Cl. The molecule has 6 nitrogen and oxygen atoms in total. The van der Waals surface area contributed by atoms with Crippen LogP contribution in [0.1, 0.15) is 0 Å². The highest BCUT2D eigenvalue weighted by atomic mass is 35.5. The number of pyridine rings is 1. The van der Waals surface area contributed by atoms with Crippen LogP contribution in [0.3, 0.4) is 0 Å². The number of hydrogen-bond donors (Lipinski definition) is 1. The van der Waals surface area contributed by atoms with Gasteiger partial charge in [-0.05, 0) is 30.3 Å². The Labute approximate surface area is 177 Å². The van der Waals surface area contributed by atoms with Gasteiger partial charge in [0.2, 0.25) is 5.91 Å². The maximum Gasteiger partial charge on any atom is 0.244 e. The normalized spacial score (nSPS) is 10.9. The molecule has 0 saturated carbocycles. The summed E-state index contributed by atoms with van der Waals surface area (Å²) in [6.07, 6.45) is 0. The summed E-state index contributed by atoms with van der Waals surface area (Å²) in [6.45, 7) is 0.00804. The van der Waals surface area contributed by atoms with Gasteiger partial charge in [0, 0.05) is 16.8 Å². The summed E-state index contributed by atoms with van der Waals surface area (Å²) in [6, 6.07) is 17.7. The van der Waals surface area contributed by atoms with Gasteiger partial charge in [-0.3, -0.25) is 9.59 Å². The van der Waals surface area contributed by atoms with Gasteiger partial charge in [-0.1, -0.05) is 35.9 Å². The van der Waals surface area contributed by atoms with E-state index in [1.54, 1.807) is 24.3 Å². The zero-order valence-electron chi connectivity index (χ0n) is 16.4. The van der Waals surface area contributed by atoms with Gasteiger partial charge in [-0.15, -0.1) is 0 Å². The Morgan fingerprint density at radius 1 is 0.933 bits per heavy atom. The Morgan fingerprint density at radius 2 is 1.50 bits per heavy atom.